The Hall–Kier alpha value is -1.66. The third-order valence-corrected chi connectivity index (χ3v) is 3.29. The van der Waals surface area contributed by atoms with E-state index in [9.17, 15) is 4.79 Å². The zero-order valence-electron chi connectivity index (χ0n) is 9.80. The summed E-state index contributed by atoms with van der Waals surface area (Å²) in [6.07, 6.45) is 3.00. The Morgan fingerprint density at radius 1 is 1.41 bits per heavy atom. The van der Waals surface area contributed by atoms with Gasteiger partial charge in [0.2, 0.25) is 0 Å². The van der Waals surface area contributed by atoms with E-state index in [4.69, 9.17) is 5.26 Å². The predicted molar refractivity (Wildman–Crippen MR) is 65.2 cm³/mol. The lowest BCUT2D eigenvalue weighted by molar-refractivity contribution is -0.112. The fourth-order valence-corrected chi connectivity index (χ4v) is 2.24. The third-order valence-electron chi connectivity index (χ3n) is 3.29. The molecule has 0 radical (unpaired) electrons. The van der Waals surface area contributed by atoms with Crippen LogP contribution in [0.5, 0.6) is 0 Å². The molecule has 0 aliphatic carbocycles. The molecule has 0 aromatic heterocycles. The van der Waals surface area contributed by atoms with Gasteiger partial charge < -0.3 is 4.79 Å². The summed E-state index contributed by atoms with van der Waals surface area (Å²) in [5, 5.41) is 8.83. The monoisotopic (exact) mass is 228 g/mol. The van der Waals surface area contributed by atoms with E-state index in [-0.39, 0.29) is 5.92 Å². The molecule has 3 heteroatoms. The molecule has 1 aromatic rings. The van der Waals surface area contributed by atoms with Gasteiger partial charge in [0.25, 0.3) is 0 Å². The Bertz CT molecular complexity index is 428. The first-order chi connectivity index (χ1) is 8.31. The number of likely N-dealkylation sites (tertiary alicyclic amines) is 1. The van der Waals surface area contributed by atoms with Gasteiger partial charge in [0.15, 0.2) is 0 Å². The summed E-state index contributed by atoms with van der Waals surface area (Å²) in [6, 6.07) is 9.88. The van der Waals surface area contributed by atoms with Crippen molar-refractivity contribution in [1.82, 2.24) is 4.90 Å². The van der Waals surface area contributed by atoms with Crippen LogP contribution in [-0.4, -0.2) is 24.3 Å². The van der Waals surface area contributed by atoms with Crippen molar-refractivity contribution in [3.8, 4) is 6.07 Å². The van der Waals surface area contributed by atoms with Crippen molar-refractivity contribution in [1.29, 1.82) is 5.26 Å². The molecule has 2 rings (SSSR count). The zero-order valence-corrected chi connectivity index (χ0v) is 9.80. The van der Waals surface area contributed by atoms with E-state index in [1.54, 1.807) is 0 Å². The summed E-state index contributed by atoms with van der Waals surface area (Å²) in [5.41, 5.74) is 1.89. The first-order valence-corrected chi connectivity index (χ1v) is 5.98. The van der Waals surface area contributed by atoms with E-state index in [1.807, 2.05) is 24.3 Å². The van der Waals surface area contributed by atoms with E-state index in [0.717, 1.165) is 38.8 Å². The Morgan fingerprint density at radius 3 is 2.82 bits per heavy atom. The van der Waals surface area contributed by atoms with Crippen LogP contribution in [0, 0.1) is 17.2 Å². The minimum atomic E-state index is 0.247. The molecule has 1 aliphatic heterocycles. The van der Waals surface area contributed by atoms with Gasteiger partial charge >= 0.3 is 0 Å². The maximum atomic E-state index is 10.7. The highest BCUT2D eigenvalue weighted by atomic mass is 16.1. The van der Waals surface area contributed by atoms with E-state index >= 15 is 0 Å². The molecule has 0 unspecified atom stereocenters. The lowest BCUT2D eigenvalue weighted by Crippen LogP contribution is -2.33. The zero-order chi connectivity index (χ0) is 12.1. The highest BCUT2D eigenvalue weighted by molar-refractivity contribution is 5.53. The Kier molecular flexibility index (Phi) is 3.89. The molecule has 0 spiro atoms. The first kappa shape index (κ1) is 11.8. The topological polar surface area (TPSA) is 44.1 Å². The number of piperidine rings is 1. The van der Waals surface area contributed by atoms with Crippen LogP contribution < -0.4 is 0 Å². The lowest BCUT2D eigenvalue weighted by Gasteiger charge is -2.29. The van der Waals surface area contributed by atoms with Crippen LogP contribution in [-0.2, 0) is 11.3 Å². The van der Waals surface area contributed by atoms with E-state index in [2.05, 4.69) is 11.0 Å². The van der Waals surface area contributed by atoms with Crippen LogP contribution >= 0.6 is 0 Å². The van der Waals surface area contributed by atoms with Crippen molar-refractivity contribution in [3.05, 3.63) is 35.4 Å². The first-order valence-electron chi connectivity index (χ1n) is 5.98. The van der Waals surface area contributed by atoms with E-state index < -0.39 is 0 Å². The number of hydrogen-bond acceptors (Lipinski definition) is 3. The van der Waals surface area contributed by atoms with Crippen LogP contribution in [0.3, 0.4) is 0 Å². The molecule has 1 heterocycles. The van der Waals surface area contributed by atoms with Crippen molar-refractivity contribution in [2.75, 3.05) is 13.1 Å². The van der Waals surface area contributed by atoms with Gasteiger partial charge in [0, 0.05) is 12.5 Å². The number of carbonyl (C=O) groups is 1. The van der Waals surface area contributed by atoms with Gasteiger partial charge in [-0.3, -0.25) is 4.90 Å². The molecule has 17 heavy (non-hydrogen) atoms. The Morgan fingerprint density at radius 2 is 2.18 bits per heavy atom. The van der Waals surface area contributed by atoms with E-state index in [0.29, 0.717) is 5.56 Å². The predicted octanol–water partition coefficient (Wildman–Crippen LogP) is 1.97. The standard InChI is InChI=1S/C14H16N2O/c15-9-13-2-1-3-14(8-13)10-16-6-4-12(11-17)5-7-16/h1-3,8,11-12H,4-7,10H2. The molecule has 1 fully saturated rings. The molecule has 88 valence electrons. The number of aldehydes is 1. The van der Waals surface area contributed by atoms with Crippen molar-refractivity contribution in [3.63, 3.8) is 0 Å². The summed E-state index contributed by atoms with van der Waals surface area (Å²) in [5.74, 6) is 0.247. The van der Waals surface area contributed by atoms with E-state index in [1.165, 1.54) is 5.56 Å². The lowest BCUT2D eigenvalue weighted by atomic mass is 9.98. The molecule has 3 nitrogen and oxygen atoms in total. The van der Waals surface area contributed by atoms with Crippen LogP contribution in [0.2, 0.25) is 0 Å². The Balaban J connectivity index is 1.93. The maximum absolute atomic E-state index is 10.7. The van der Waals surface area contributed by atoms with Gasteiger partial charge in [-0.1, -0.05) is 12.1 Å². The molecule has 1 saturated heterocycles. The summed E-state index contributed by atoms with van der Waals surface area (Å²) in [6.45, 7) is 2.82. The fraction of sp³-hybridized carbons (Fsp3) is 0.429. The normalized spacial score (nSPS) is 17.6. The minimum absolute atomic E-state index is 0.247. The van der Waals surface area contributed by atoms with Gasteiger partial charge in [0.05, 0.1) is 11.6 Å². The van der Waals surface area contributed by atoms with Gasteiger partial charge in [-0.2, -0.15) is 5.26 Å². The average Bonchev–Trinajstić information content (AvgIpc) is 2.40. The summed E-state index contributed by atoms with van der Waals surface area (Å²) in [4.78, 5) is 13.0. The smallest absolute Gasteiger partial charge is 0.123 e. The molecule has 0 N–H and O–H groups in total. The fourth-order valence-electron chi connectivity index (χ4n) is 2.24. The Labute approximate surface area is 102 Å². The van der Waals surface area contributed by atoms with Crippen LogP contribution in [0.25, 0.3) is 0 Å². The molecule has 0 saturated carbocycles. The van der Waals surface area contributed by atoms with Crippen molar-refractivity contribution in [2.45, 2.75) is 19.4 Å². The van der Waals surface area contributed by atoms with Crippen LogP contribution in [0.4, 0.5) is 0 Å². The largest absolute Gasteiger partial charge is 0.303 e. The van der Waals surface area contributed by atoms with Crippen LogP contribution in [0.1, 0.15) is 24.0 Å². The SMILES string of the molecule is N#Cc1cccc(CN2CCC(C=O)CC2)c1. The maximum Gasteiger partial charge on any atom is 0.123 e. The highest BCUT2D eigenvalue weighted by Gasteiger charge is 2.18. The van der Waals surface area contributed by atoms with Gasteiger partial charge in [0.1, 0.15) is 6.29 Å². The molecule has 1 aliphatic rings. The van der Waals surface area contributed by atoms with Gasteiger partial charge in [-0.25, -0.2) is 0 Å². The minimum Gasteiger partial charge on any atom is -0.303 e. The molecular weight excluding hydrogens is 212 g/mol. The third kappa shape index (κ3) is 3.15. The molecule has 0 amide bonds. The second-order valence-corrected chi connectivity index (χ2v) is 4.56. The summed E-state index contributed by atoms with van der Waals surface area (Å²) >= 11 is 0. The van der Waals surface area contributed by atoms with Crippen molar-refractivity contribution >= 4 is 6.29 Å². The second kappa shape index (κ2) is 5.60. The van der Waals surface area contributed by atoms with Gasteiger partial charge in [-0.15, -0.1) is 0 Å². The average molecular weight is 228 g/mol. The molecular formula is C14H16N2O. The summed E-state index contributed by atoms with van der Waals surface area (Å²) in [7, 11) is 0. The number of benzene rings is 1. The van der Waals surface area contributed by atoms with Crippen molar-refractivity contribution < 1.29 is 4.79 Å². The molecule has 0 atom stereocenters. The second-order valence-electron chi connectivity index (χ2n) is 4.56. The number of nitrogens with zero attached hydrogens (tertiary/aromatic N) is 2. The number of carbonyl (C=O) groups excluding carboxylic acids is 1. The van der Waals surface area contributed by atoms with Crippen LogP contribution in [0.15, 0.2) is 24.3 Å². The quantitative estimate of drug-likeness (QED) is 0.743. The van der Waals surface area contributed by atoms with Crippen molar-refractivity contribution in [2.24, 2.45) is 5.92 Å². The number of nitriles is 1. The summed E-state index contributed by atoms with van der Waals surface area (Å²) < 4.78 is 0. The number of rotatable bonds is 3. The highest BCUT2D eigenvalue weighted by Crippen LogP contribution is 2.17. The van der Waals surface area contributed by atoms with Gasteiger partial charge in [-0.05, 0) is 43.6 Å². The molecule has 0 bridgehead atoms. The molecule has 1 aromatic carbocycles. The number of hydrogen-bond donors (Lipinski definition) is 0.